The molecule has 0 radical (unpaired) electrons. The van der Waals surface area contributed by atoms with Crippen LogP contribution in [0.1, 0.15) is 37.7 Å². The van der Waals surface area contributed by atoms with Crippen molar-refractivity contribution < 1.29 is 27.9 Å². The molecule has 0 bridgehead atoms. The first-order chi connectivity index (χ1) is 12.3. The van der Waals surface area contributed by atoms with E-state index in [2.05, 4.69) is 4.72 Å². The van der Waals surface area contributed by atoms with Crippen LogP contribution >= 0.6 is 0 Å². The van der Waals surface area contributed by atoms with Crippen LogP contribution in [0.4, 0.5) is 0 Å². The van der Waals surface area contributed by atoms with Gasteiger partial charge < -0.3 is 9.84 Å². The SMILES string of the molecule is COC(=O)C1(CS(=O)(=O)N[C@H](Cc2ccccc2)C(=O)O)CCCCC1. The van der Waals surface area contributed by atoms with Gasteiger partial charge in [-0.15, -0.1) is 0 Å². The number of hydrogen-bond acceptors (Lipinski definition) is 5. The molecule has 0 spiro atoms. The highest BCUT2D eigenvalue weighted by atomic mass is 32.2. The number of benzene rings is 1. The van der Waals surface area contributed by atoms with Crippen LogP contribution < -0.4 is 4.72 Å². The lowest BCUT2D eigenvalue weighted by molar-refractivity contribution is -0.153. The number of ether oxygens (including phenoxy) is 1. The fourth-order valence-corrected chi connectivity index (χ4v) is 5.34. The van der Waals surface area contributed by atoms with Crippen LogP contribution in [-0.2, 0) is 30.8 Å². The first-order valence-electron chi connectivity index (χ1n) is 8.63. The molecular weight excluding hydrogens is 358 g/mol. The summed E-state index contributed by atoms with van der Waals surface area (Å²) in [6.07, 6.45) is 3.32. The number of aliphatic carboxylic acids is 1. The van der Waals surface area contributed by atoms with Crippen molar-refractivity contribution in [1.29, 1.82) is 0 Å². The summed E-state index contributed by atoms with van der Waals surface area (Å²) in [5, 5.41) is 9.40. The molecule has 0 aromatic heterocycles. The molecule has 0 unspecified atom stereocenters. The maximum atomic E-state index is 12.6. The summed E-state index contributed by atoms with van der Waals surface area (Å²) < 4.78 is 32.4. The molecule has 26 heavy (non-hydrogen) atoms. The van der Waals surface area contributed by atoms with Crippen molar-refractivity contribution in [1.82, 2.24) is 4.72 Å². The molecule has 0 saturated heterocycles. The Bertz CT molecular complexity index is 725. The van der Waals surface area contributed by atoms with Gasteiger partial charge in [0.15, 0.2) is 0 Å². The second-order valence-corrected chi connectivity index (χ2v) is 8.54. The zero-order valence-electron chi connectivity index (χ0n) is 14.8. The zero-order chi connectivity index (χ0) is 19.2. The number of hydrogen-bond donors (Lipinski definition) is 2. The Morgan fingerprint density at radius 1 is 1.19 bits per heavy atom. The van der Waals surface area contributed by atoms with E-state index >= 15 is 0 Å². The Kier molecular flexibility index (Phi) is 6.77. The maximum absolute atomic E-state index is 12.6. The van der Waals surface area contributed by atoms with Gasteiger partial charge in [-0.05, 0) is 24.8 Å². The van der Waals surface area contributed by atoms with Gasteiger partial charge >= 0.3 is 11.9 Å². The summed E-state index contributed by atoms with van der Waals surface area (Å²) in [4.78, 5) is 23.8. The van der Waals surface area contributed by atoms with Crippen LogP contribution in [0.25, 0.3) is 0 Å². The Morgan fingerprint density at radius 3 is 2.35 bits per heavy atom. The second-order valence-electron chi connectivity index (χ2n) is 6.79. The van der Waals surface area contributed by atoms with E-state index in [0.717, 1.165) is 19.3 Å². The van der Waals surface area contributed by atoms with Crippen molar-refractivity contribution in [3.05, 3.63) is 35.9 Å². The number of carboxylic acids is 1. The summed E-state index contributed by atoms with van der Waals surface area (Å²) in [7, 11) is -2.75. The fourth-order valence-electron chi connectivity index (χ4n) is 3.50. The average molecular weight is 383 g/mol. The van der Waals surface area contributed by atoms with Crippen molar-refractivity contribution in [3.8, 4) is 0 Å². The van der Waals surface area contributed by atoms with Gasteiger partial charge in [0.2, 0.25) is 10.0 Å². The molecule has 1 aromatic carbocycles. The number of carboxylic acid groups (broad SMARTS) is 1. The third kappa shape index (κ3) is 5.28. The standard InChI is InChI=1S/C18H25NO6S/c1-25-17(22)18(10-6-3-7-11-18)13-26(23,24)19-15(16(20)21)12-14-8-4-2-5-9-14/h2,4-5,8-9,15,19H,3,6-7,10-13H2,1H3,(H,20,21)/t15-/m1/s1. The highest BCUT2D eigenvalue weighted by Crippen LogP contribution is 2.38. The van der Waals surface area contributed by atoms with E-state index < -0.39 is 39.2 Å². The summed E-state index contributed by atoms with van der Waals surface area (Å²) in [5.74, 6) is -2.25. The first kappa shape index (κ1) is 20.4. The minimum Gasteiger partial charge on any atom is -0.480 e. The minimum atomic E-state index is -3.99. The van der Waals surface area contributed by atoms with E-state index in [1.165, 1.54) is 7.11 Å². The third-order valence-electron chi connectivity index (χ3n) is 4.80. The van der Waals surface area contributed by atoms with Gasteiger partial charge in [0.1, 0.15) is 6.04 Å². The van der Waals surface area contributed by atoms with Gasteiger partial charge in [-0.3, -0.25) is 9.59 Å². The molecule has 144 valence electrons. The molecule has 0 heterocycles. The summed E-state index contributed by atoms with van der Waals surface area (Å²) >= 11 is 0. The summed E-state index contributed by atoms with van der Waals surface area (Å²) in [5.41, 5.74) is -0.391. The van der Waals surface area contributed by atoms with E-state index in [9.17, 15) is 23.1 Å². The van der Waals surface area contributed by atoms with Gasteiger partial charge in [-0.2, -0.15) is 0 Å². The number of nitrogens with one attached hydrogen (secondary N) is 1. The smallest absolute Gasteiger partial charge is 0.322 e. The Morgan fingerprint density at radius 2 is 1.81 bits per heavy atom. The predicted octanol–water partition coefficient (Wildman–Crippen LogP) is 1.73. The zero-order valence-corrected chi connectivity index (χ0v) is 15.6. The molecule has 1 fully saturated rings. The van der Waals surface area contributed by atoms with Crippen molar-refractivity contribution in [2.45, 2.75) is 44.6 Å². The molecule has 0 amide bonds. The molecular formula is C18H25NO6S. The molecule has 1 saturated carbocycles. The van der Waals surface area contributed by atoms with Crippen LogP contribution in [0, 0.1) is 5.41 Å². The highest BCUT2D eigenvalue weighted by Gasteiger charge is 2.45. The first-order valence-corrected chi connectivity index (χ1v) is 10.3. The molecule has 1 aromatic rings. The molecule has 1 aliphatic carbocycles. The molecule has 0 aliphatic heterocycles. The molecule has 2 N–H and O–H groups in total. The number of sulfonamides is 1. The molecule has 7 nitrogen and oxygen atoms in total. The number of carbonyl (C=O) groups excluding carboxylic acids is 1. The maximum Gasteiger partial charge on any atom is 0.322 e. The third-order valence-corrected chi connectivity index (χ3v) is 6.37. The number of esters is 1. The van der Waals surface area contributed by atoms with Crippen molar-refractivity contribution in [3.63, 3.8) is 0 Å². The monoisotopic (exact) mass is 383 g/mol. The van der Waals surface area contributed by atoms with Gasteiger partial charge in [0, 0.05) is 0 Å². The fraction of sp³-hybridized carbons (Fsp3) is 0.556. The van der Waals surface area contributed by atoms with E-state index in [1.54, 1.807) is 30.3 Å². The normalized spacial score (nSPS) is 18.0. The number of methoxy groups -OCH3 is 1. The molecule has 1 atom stereocenters. The molecule has 2 rings (SSSR count). The van der Waals surface area contributed by atoms with Gasteiger partial charge in [-0.1, -0.05) is 49.6 Å². The lowest BCUT2D eigenvalue weighted by atomic mass is 9.75. The Hall–Kier alpha value is -1.93. The van der Waals surface area contributed by atoms with Crippen LogP contribution in [0.2, 0.25) is 0 Å². The van der Waals surface area contributed by atoms with Crippen molar-refractivity contribution >= 4 is 22.0 Å². The highest BCUT2D eigenvalue weighted by molar-refractivity contribution is 7.89. The summed E-state index contributed by atoms with van der Waals surface area (Å²) in [6.45, 7) is 0. The van der Waals surface area contributed by atoms with Crippen molar-refractivity contribution in [2.24, 2.45) is 5.41 Å². The van der Waals surface area contributed by atoms with Crippen LogP contribution in [0.5, 0.6) is 0 Å². The van der Waals surface area contributed by atoms with Crippen LogP contribution in [-0.4, -0.2) is 44.4 Å². The van der Waals surface area contributed by atoms with Gasteiger partial charge in [0.05, 0.1) is 18.3 Å². The number of rotatable bonds is 8. The minimum absolute atomic E-state index is 0.0284. The van der Waals surface area contributed by atoms with E-state index in [4.69, 9.17) is 4.74 Å². The van der Waals surface area contributed by atoms with E-state index in [-0.39, 0.29) is 6.42 Å². The predicted molar refractivity (Wildman–Crippen MR) is 96.0 cm³/mol. The van der Waals surface area contributed by atoms with Gasteiger partial charge in [0.25, 0.3) is 0 Å². The van der Waals surface area contributed by atoms with Crippen LogP contribution in [0.15, 0.2) is 30.3 Å². The summed E-state index contributed by atoms with van der Waals surface area (Å²) in [6, 6.07) is 7.50. The number of carbonyl (C=O) groups is 2. The Balaban J connectivity index is 2.16. The average Bonchev–Trinajstić information content (AvgIpc) is 2.61. The largest absolute Gasteiger partial charge is 0.480 e. The topological polar surface area (TPSA) is 110 Å². The van der Waals surface area contributed by atoms with Crippen molar-refractivity contribution in [2.75, 3.05) is 12.9 Å². The van der Waals surface area contributed by atoms with Gasteiger partial charge in [-0.25, -0.2) is 13.1 Å². The quantitative estimate of drug-likeness (QED) is 0.662. The van der Waals surface area contributed by atoms with E-state index in [1.807, 2.05) is 0 Å². The van der Waals surface area contributed by atoms with E-state index in [0.29, 0.717) is 18.4 Å². The second kappa shape index (κ2) is 8.64. The molecule has 8 heteroatoms. The lowest BCUT2D eigenvalue weighted by Gasteiger charge is -2.34. The molecule has 1 aliphatic rings. The van der Waals surface area contributed by atoms with Crippen LogP contribution in [0.3, 0.4) is 0 Å². The Labute approximate surface area is 153 Å². The lowest BCUT2D eigenvalue weighted by Crippen LogP contribution is -2.49.